The summed E-state index contributed by atoms with van der Waals surface area (Å²) < 4.78 is 31.8. The molecule has 0 radical (unpaired) electrons. The molecule has 0 spiro atoms. The third kappa shape index (κ3) is 3.90. The molecule has 0 bridgehead atoms. The van der Waals surface area contributed by atoms with Gasteiger partial charge < -0.3 is 15.2 Å². The topological polar surface area (TPSA) is 58.6 Å². The zero-order chi connectivity index (χ0) is 15.3. The van der Waals surface area contributed by atoms with Gasteiger partial charge in [-0.1, -0.05) is 13.8 Å². The van der Waals surface area contributed by atoms with Crippen molar-refractivity contribution in [2.75, 3.05) is 13.7 Å². The number of methoxy groups -OCH3 is 1. The van der Waals surface area contributed by atoms with E-state index < -0.39 is 35.0 Å². The van der Waals surface area contributed by atoms with Gasteiger partial charge in [0.25, 0.3) is 5.91 Å². The molecule has 0 aliphatic carbocycles. The maximum absolute atomic E-state index is 13.6. The highest BCUT2D eigenvalue weighted by Crippen LogP contribution is 2.25. The van der Waals surface area contributed by atoms with Gasteiger partial charge in [0.05, 0.1) is 13.2 Å². The Morgan fingerprint density at radius 1 is 1.35 bits per heavy atom. The molecular weight excluding hydrogens is 268 g/mol. The normalized spacial score (nSPS) is 12.3. The predicted octanol–water partition coefficient (Wildman–Crippen LogP) is 2.11. The number of amides is 1. The quantitative estimate of drug-likeness (QED) is 0.842. The molecule has 112 valence electrons. The number of benzene rings is 1. The Labute approximate surface area is 116 Å². The van der Waals surface area contributed by atoms with Crippen molar-refractivity contribution in [3.8, 4) is 5.75 Å². The smallest absolute Gasteiger partial charge is 0.258 e. The summed E-state index contributed by atoms with van der Waals surface area (Å²) in [5.74, 6) is -2.79. The zero-order valence-corrected chi connectivity index (χ0v) is 11.7. The number of ether oxygens (including phenoxy) is 1. The predicted molar refractivity (Wildman–Crippen MR) is 70.7 cm³/mol. The highest BCUT2D eigenvalue weighted by atomic mass is 19.1. The Kier molecular flexibility index (Phi) is 5.88. The third-order valence-electron chi connectivity index (χ3n) is 2.99. The fraction of sp³-hybridized carbons (Fsp3) is 0.500. The molecule has 0 fully saturated rings. The van der Waals surface area contributed by atoms with Crippen LogP contribution in [0, 0.1) is 17.6 Å². The van der Waals surface area contributed by atoms with Gasteiger partial charge in [0.15, 0.2) is 11.6 Å². The average molecular weight is 287 g/mol. The standard InChI is InChI=1S/C14H19F2NO3/c1-8(2)11(18)6-7-17-14(19)12-9(15)4-5-10(16)13(12)20-3/h4-5,8,11,18H,6-7H2,1-3H3,(H,17,19)/t11-/m0/s1. The van der Waals surface area contributed by atoms with Gasteiger partial charge in [0, 0.05) is 6.54 Å². The summed E-state index contributed by atoms with van der Waals surface area (Å²) in [7, 11) is 1.16. The molecular formula is C14H19F2NO3. The van der Waals surface area contributed by atoms with Crippen LogP contribution in [-0.2, 0) is 0 Å². The first-order valence-electron chi connectivity index (χ1n) is 6.36. The van der Waals surface area contributed by atoms with Gasteiger partial charge in [0.1, 0.15) is 11.4 Å². The van der Waals surface area contributed by atoms with E-state index in [0.717, 1.165) is 19.2 Å². The molecule has 0 aliphatic heterocycles. The fourth-order valence-electron chi connectivity index (χ4n) is 1.70. The molecule has 1 amide bonds. The maximum atomic E-state index is 13.6. The Morgan fingerprint density at radius 3 is 2.50 bits per heavy atom. The van der Waals surface area contributed by atoms with Crippen molar-refractivity contribution in [2.45, 2.75) is 26.4 Å². The van der Waals surface area contributed by atoms with Gasteiger partial charge in [-0.25, -0.2) is 8.78 Å². The summed E-state index contributed by atoms with van der Waals surface area (Å²) >= 11 is 0. The minimum Gasteiger partial charge on any atom is -0.493 e. The van der Waals surface area contributed by atoms with E-state index in [2.05, 4.69) is 5.32 Å². The molecule has 0 aromatic heterocycles. The molecule has 0 saturated carbocycles. The third-order valence-corrected chi connectivity index (χ3v) is 2.99. The number of carbonyl (C=O) groups is 1. The van der Waals surface area contributed by atoms with Crippen molar-refractivity contribution in [1.82, 2.24) is 5.32 Å². The highest BCUT2D eigenvalue weighted by Gasteiger charge is 2.21. The van der Waals surface area contributed by atoms with Crippen LogP contribution in [0.1, 0.15) is 30.6 Å². The highest BCUT2D eigenvalue weighted by molar-refractivity contribution is 5.97. The van der Waals surface area contributed by atoms with E-state index >= 15 is 0 Å². The first-order valence-corrected chi connectivity index (χ1v) is 6.36. The number of aliphatic hydroxyl groups is 1. The molecule has 0 saturated heterocycles. The van der Waals surface area contributed by atoms with E-state index in [1.807, 2.05) is 13.8 Å². The van der Waals surface area contributed by atoms with Crippen molar-refractivity contribution in [1.29, 1.82) is 0 Å². The van der Waals surface area contributed by atoms with Crippen molar-refractivity contribution in [3.05, 3.63) is 29.3 Å². The number of aliphatic hydroxyl groups excluding tert-OH is 1. The second kappa shape index (κ2) is 7.19. The van der Waals surface area contributed by atoms with Crippen LogP contribution in [0.5, 0.6) is 5.75 Å². The number of rotatable bonds is 6. The molecule has 1 aromatic rings. The van der Waals surface area contributed by atoms with Crippen LogP contribution in [0.4, 0.5) is 8.78 Å². The lowest BCUT2D eigenvalue weighted by atomic mass is 10.0. The van der Waals surface area contributed by atoms with Gasteiger partial charge in [-0.3, -0.25) is 4.79 Å². The van der Waals surface area contributed by atoms with Crippen LogP contribution in [0.3, 0.4) is 0 Å². The Morgan fingerprint density at radius 2 is 1.95 bits per heavy atom. The van der Waals surface area contributed by atoms with Gasteiger partial charge in [0.2, 0.25) is 0 Å². The monoisotopic (exact) mass is 287 g/mol. The second-order valence-electron chi connectivity index (χ2n) is 4.79. The molecule has 20 heavy (non-hydrogen) atoms. The number of hydrogen-bond acceptors (Lipinski definition) is 3. The van der Waals surface area contributed by atoms with Crippen LogP contribution in [0.2, 0.25) is 0 Å². The average Bonchev–Trinajstić information content (AvgIpc) is 2.40. The lowest BCUT2D eigenvalue weighted by molar-refractivity contribution is 0.0912. The van der Waals surface area contributed by atoms with Crippen LogP contribution < -0.4 is 10.1 Å². The van der Waals surface area contributed by atoms with Crippen molar-refractivity contribution in [3.63, 3.8) is 0 Å². The minimum atomic E-state index is -0.856. The van der Waals surface area contributed by atoms with E-state index in [1.165, 1.54) is 0 Å². The Balaban J connectivity index is 2.76. The fourth-order valence-corrected chi connectivity index (χ4v) is 1.70. The van der Waals surface area contributed by atoms with Crippen LogP contribution in [-0.4, -0.2) is 30.8 Å². The molecule has 1 aromatic carbocycles. The van der Waals surface area contributed by atoms with Crippen molar-refractivity contribution in [2.24, 2.45) is 5.92 Å². The number of nitrogens with one attached hydrogen (secondary N) is 1. The van der Waals surface area contributed by atoms with Gasteiger partial charge in [-0.15, -0.1) is 0 Å². The summed E-state index contributed by atoms with van der Waals surface area (Å²) in [6.45, 7) is 3.86. The Bertz CT molecular complexity index is 478. The maximum Gasteiger partial charge on any atom is 0.258 e. The van der Waals surface area contributed by atoms with Crippen LogP contribution >= 0.6 is 0 Å². The molecule has 0 aliphatic rings. The first-order chi connectivity index (χ1) is 9.38. The molecule has 4 nitrogen and oxygen atoms in total. The molecule has 1 rings (SSSR count). The molecule has 0 heterocycles. The molecule has 6 heteroatoms. The van der Waals surface area contributed by atoms with E-state index in [-0.39, 0.29) is 12.5 Å². The number of halogens is 2. The lowest BCUT2D eigenvalue weighted by Gasteiger charge is -2.15. The minimum absolute atomic E-state index is 0.0624. The first kappa shape index (κ1) is 16.4. The van der Waals surface area contributed by atoms with E-state index in [9.17, 15) is 18.7 Å². The summed E-state index contributed by atoms with van der Waals surface area (Å²) in [6.07, 6.45) is -0.225. The second-order valence-corrected chi connectivity index (χ2v) is 4.79. The summed E-state index contributed by atoms with van der Waals surface area (Å²) in [4.78, 5) is 11.9. The number of hydrogen-bond donors (Lipinski definition) is 2. The summed E-state index contributed by atoms with van der Waals surface area (Å²) in [6, 6.07) is 1.77. The lowest BCUT2D eigenvalue weighted by Crippen LogP contribution is -2.29. The van der Waals surface area contributed by atoms with E-state index in [1.54, 1.807) is 0 Å². The van der Waals surface area contributed by atoms with E-state index in [4.69, 9.17) is 4.74 Å². The Hall–Kier alpha value is -1.69. The van der Waals surface area contributed by atoms with Crippen molar-refractivity contribution >= 4 is 5.91 Å². The molecule has 1 atom stereocenters. The summed E-state index contributed by atoms with van der Waals surface area (Å²) in [5.41, 5.74) is -0.466. The summed E-state index contributed by atoms with van der Waals surface area (Å²) in [5, 5.41) is 12.0. The van der Waals surface area contributed by atoms with Crippen LogP contribution in [0.15, 0.2) is 12.1 Å². The van der Waals surface area contributed by atoms with Crippen LogP contribution in [0.25, 0.3) is 0 Å². The van der Waals surface area contributed by atoms with Crippen molar-refractivity contribution < 1.29 is 23.4 Å². The van der Waals surface area contributed by atoms with Gasteiger partial charge >= 0.3 is 0 Å². The van der Waals surface area contributed by atoms with Gasteiger partial charge in [-0.2, -0.15) is 0 Å². The largest absolute Gasteiger partial charge is 0.493 e. The molecule has 2 N–H and O–H groups in total. The number of carbonyl (C=O) groups excluding carboxylic acids is 1. The SMILES string of the molecule is COc1c(F)ccc(F)c1C(=O)NCC[C@H](O)C(C)C. The molecule has 0 unspecified atom stereocenters. The van der Waals surface area contributed by atoms with E-state index in [0.29, 0.717) is 6.42 Å². The zero-order valence-electron chi connectivity index (χ0n) is 11.7. The van der Waals surface area contributed by atoms with Gasteiger partial charge in [-0.05, 0) is 24.5 Å².